The van der Waals surface area contributed by atoms with E-state index in [1.54, 1.807) is 13.1 Å². The fourth-order valence-corrected chi connectivity index (χ4v) is 0.841. The van der Waals surface area contributed by atoms with Gasteiger partial charge in [-0.2, -0.15) is 0 Å². The smallest absolute Gasteiger partial charge is 0.265 e. The van der Waals surface area contributed by atoms with Crippen LogP contribution in [-0.4, -0.2) is 27.5 Å². The van der Waals surface area contributed by atoms with E-state index in [0.717, 1.165) is 0 Å². The first kappa shape index (κ1) is 10.6. The highest BCUT2D eigenvalue weighted by atomic mass is 16.6. The Morgan fingerprint density at radius 3 is 3.14 bits per heavy atom. The van der Waals surface area contributed by atoms with E-state index < -0.39 is 0 Å². The molecule has 0 aliphatic rings. The maximum atomic E-state index is 11.1. The molecule has 0 fully saturated rings. The van der Waals surface area contributed by atoms with Crippen molar-refractivity contribution in [3.63, 3.8) is 0 Å². The lowest BCUT2D eigenvalue weighted by Gasteiger charge is -2.02. The van der Waals surface area contributed by atoms with Crippen LogP contribution >= 0.6 is 0 Å². The van der Waals surface area contributed by atoms with Crippen molar-refractivity contribution in [2.45, 2.75) is 20.0 Å². The summed E-state index contributed by atoms with van der Waals surface area (Å²) in [6.45, 7) is 2.60. The normalized spacial score (nSPS) is 10.1. The molecule has 1 heterocycles. The van der Waals surface area contributed by atoms with Crippen LogP contribution in [0.5, 0.6) is 0 Å². The topological polar surface area (TPSA) is 95.1 Å². The van der Waals surface area contributed by atoms with Gasteiger partial charge in [-0.15, -0.1) is 5.10 Å². The van der Waals surface area contributed by atoms with Crippen LogP contribution in [0.2, 0.25) is 0 Å². The number of carbonyl (C=O) groups is 1. The van der Waals surface area contributed by atoms with Crippen LogP contribution in [-0.2, 0) is 22.7 Å². The number of nitrogens with one attached hydrogen (secondary N) is 1. The molecule has 7 heteroatoms. The fourth-order valence-electron chi connectivity index (χ4n) is 0.841. The van der Waals surface area contributed by atoms with Gasteiger partial charge in [0.05, 0.1) is 18.5 Å². The highest BCUT2D eigenvalue weighted by Gasteiger charge is 2.04. The summed E-state index contributed by atoms with van der Waals surface area (Å²) < 4.78 is 1.40. The lowest BCUT2D eigenvalue weighted by Crippen LogP contribution is -2.27. The Bertz CT molecular complexity index is 298. The Morgan fingerprint density at radius 1 is 1.79 bits per heavy atom. The summed E-state index contributed by atoms with van der Waals surface area (Å²) in [6, 6.07) is 0. The molecule has 0 saturated heterocycles. The van der Waals surface area contributed by atoms with E-state index in [1.165, 1.54) is 4.68 Å². The second kappa shape index (κ2) is 5.30. The monoisotopic (exact) mass is 199 g/mol. The summed E-state index contributed by atoms with van der Waals surface area (Å²) in [4.78, 5) is 15.8. The zero-order chi connectivity index (χ0) is 10.4. The maximum absolute atomic E-state index is 11.1. The number of rotatable bonds is 5. The van der Waals surface area contributed by atoms with Crippen molar-refractivity contribution in [1.82, 2.24) is 20.5 Å². The number of nitrogens with two attached hydrogens (primary N) is 1. The molecule has 0 atom stereocenters. The number of carbonyl (C=O) groups excluding carboxylic acids is 1. The van der Waals surface area contributed by atoms with Crippen molar-refractivity contribution < 1.29 is 9.63 Å². The average Bonchev–Trinajstić information content (AvgIpc) is 2.62. The van der Waals surface area contributed by atoms with Crippen LogP contribution in [0, 0.1) is 0 Å². The molecule has 0 unspecified atom stereocenters. The van der Waals surface area contributed by atoms with E-state index >= 15 is 0 Å². The molecule has 0 aliphatic heterocycles. The lowest BCUT2D eigenvalue weighted by molar-refractivity contribution is -0.134. The number of amides is 1. The van der Waals surface area contributed by atoms with Crippen LogP contribution in [0.15, 0.2) is 6.20 Å². The van der Waals surface area contributed by atoms with E-state index in [2.05, 4.69) is 15.8 Å². The molecule has 0 aliphatic carbocycles. The van der Waals surface area contributed by atoms with Crippen molar-refractivity contribution in [3.8, 4) is 0 Å². The van der Waals surface area contributed by atoms with Gasteiger partial charge in [-0.1, -0.05) is 5.21 Å². The predicted molar refractivity (Wildman–Crippen MR) is 47.7 cm³/mol. The van der Waals surface area contributed by atoms with Crippen LogP contribution in [0.4, 0.5) is 0 Å². The summed E-state index contributed by atoms with van der Waals surface area (Å²) in [6.07, 6.45) is 1.62. The van der Waals surface area contributed by atoms with Gasteiger partial charge in [0.1, 0.15) is 6.54 Å². The number of nitrogens with zero attached hydrogens (tertiary/aromatic N) is 3. The molecule has 0 aromatic carbocycles. The Morgan fingerprint density at radius 2 is 2.57 bits per heavy atom. The molecule has 1 rings (SSSR count). The standard InChI is InChI=1S/C7H13N5O2/c1-2-14-10-7(13)5-12-4-6(3-8)9-11-12/h4H,2-3,5,8H2,1H3,(H,10,13). The average molecular weight is 199 g/mol. The van der Waals surface area contributed by atoms with E-state index in [-0.39, 0.29) is 12.5 Å². The van der Waals surface area contributed by atoms with Crippen molar-refractivity contribution >= 4 is 5.91 Å². The summed E-state index contributed by atoms with van der Waals surface area (Å²) in [5, 5.41) is 7.44. The third kappa shape index (κ3) is 3.11. The van der Waals surface area contributed by atoms with Gasteiger partial charge in [0.25, 0.3) is 5.91 Å². The van der Waals surface area contributed by atoms with E-state index in [0.29, 0.717) is 18.8 Å². The third-order valence-electron chi connectivity index (χ3n) is 1.43. The molecule has 0 radical (unpaired) electrons. The Kier molecular flexibility index (Phi) is 4.02. The van der Waals surface area contributed by atoms with E-state index in [4.69, 9.17) is 10.6 Å². The van der Waals surface area contributed by atoms with Crippen LogP contribution in [0.3, 0.4) is 0 Å². The molecule has 1 aromatic rings. The predicted octanol–water partition coefficient (Wildman–Crippen LogP) is -1.20. The van der Waals surface area contributed by atoms with Gasteiger partial charge >= 0.3 is 0 Å². The summed E-state index contributed by atoms with van der Waals surface area (Å²) in [5.74, 6) is -0.277. The Hall–Kier alpha value is -1.47. The number of hydroxylamine groups is 1. The SMILES string of the molecule is CCONC(=O)Cn1cc(CN)nn1. The summed E-state index contributed by atoms with van der Waals surface area (Å²) >= 11 is 0. The quantitative estimate of drug-likeness (QED) is 0.581. The van der Waals surface area contributed by atoms with Crippen LogP contribution in [0.25, 0.3) is 0 Å². The fraction of sp³-hybridized carbons (Fsp3) is 0.571. The van der Waals surface area contributed by atoms with Gasteiger partial charge in [-0.25, -0.2) is 10.2 Å². The van der Waals surface area contributed by atoms with Crippen LogP contribution < -0.4 is 11.2 Å². The van der Waals surface area contributed by atoms with Gasteiger partial charge in [0.2, 0.25) is 0 Å². The third-order valence-corrected chi connectivity index (χ3v) is 1.43. The zero-order valence-corrected chi connectivity index (χ0v) is 7.93. The second-order valence-electron chi connectivity index (χ2n) is 2.57. The second-order valence-corrected chi connectivity index (χ2v) is 2.57. The molecule has 0 bridgehead atoms. The minimum Gasteiger partial charge on any atom is -0.325 e. The molecule has 0 saturated carbocycles. The summed E-state index contributed by atoms with van der Waals surface area (Å²) in [7, 11) is 0. The molecule has 14 heavy (non-hydrogen) atoms. The summed E-state index contributed by atoms with van der Waals surface area (Å²) in [5.41, 5.74) is 8.23. The molecular weight excluding hydrogens is 186 g/mol. The molecule has 7 nitrogen and oxygen atoms in total. The van der Waals surface area contributed by atoms with Crippen molar-refractivity contribution in [3.05, 3.63) is 11.9 Å². The Labute approximate surface area is 81.2 Å². The molecule has 3 N–H and O–H groups in total. The number of aromatic nitrogens is 3. The number of hydrogen-bond donors (Lipinski definition) is 2. The molecule has 0 spiro atoms. The van der Waals surface area contributed by atoms with Crippen molar-refractivity contribution in [2.24, 2.45) is 5.73 Å². The van der Waals surface area contributed by atoms with E-state index in [9.17, 15) is 4.79 Å². The minimum atomic E-state index is -0.277. The Balaban J connectivity index is 2.39. The highest BCUT2D eigenvalue weighted by Crippen LogP contribution is 1.90. The van der Waals surface area contributed by atoms with Crippen LogP contribution in [0.1, 0.15) is 12.6 Å². The first-order valence-corrected chi connectivity index (χ1v) is 4.26. The lowest BCUT2D eigenvalue weighted by atomic mass is 10.5. The highest BCUT2D eigenvalue weighted by molar-refractivity contribution is 5.74. The molecule has 78 valence electrons. The van der Waals surface area contributed by atoms with E-state index in [1.807, 2.05) is 0 Å². The van der Waals surface area contributed by atoms with Crippen molar-refractivity contribution in [2.75, 3.05) is 6.61 Å². The zero-order valence-electron chi connectivity index (χ0n) is 7.93. The molecule has 1 aromatic heterocycles. The maximum Gasteiger partial charge on any atom is 0.265 e. The van der Waals surface area contributed by atoms with Gasteiger partial charge < -0.3 is 5.73 Å². The largest absolute Gasteiger partial charge is 0.325 e. The molecule has 1 amide bonds. The van der Waals surface area contributed by atoms with Gasteiger partial charge in [-0.3, -0.25) is 9.63 Å². The first-order chi connectivity index (χ1) is 6.76. The number of hydrogen-bond acceptors (Lipinski definition) is 5. The first-order valence-electron chi connectivity index (χ1n) is 4.26. The van der Waals surface area contributed by atoms with Gasteiger partial charge in [0.15, 0.2) is 0 Å². The van der Waals surface area contributed by atoms with Crippen molar-refractivity contribution in [1.29, 1.82) is 0 Å². The van der Waals surface area contributed by atoms with Gasteiger partial charge in [0, 0.05) is 6.54 Å². The minimum absolute atomic E-state index is 0.0764. The molecular formula is C7H13N5O2. The van der Waals surface area contributed by atoms with Gasteiger partial charge in [-0.05, 0) is 6.92 Å².